The van der Waals surface area contributed by atoms with E-state index in [9.17, 15) is 4.79 Å². The van der Waals surface area contributed by atoms with E-state index in [1.165, 1.54) is 0 Å². The molecular weight excluding hydrogens is 428 g/mol. The van der Waals surface area contributed by atoms with Gasteiger partial charge in [0.05, 0.1) is 13.2 Å². The van der Waals surface area contributed by atoms with Crippen molar-refractivity contribution in [3.05, 3.63) is 89.7 Å². The lowest BCUT2D eigenvalue weighted by Crippen LogP contribution is -2.30. The van der Waals surface area contributed by atoms with Gasteiger partial charge in [-0.3, -0.25) is 9.78 Å². The molecule has 1 amide bonds. The Balaban J connectivity index is 1.40. The van der Waals surface area contributed by atoms with Gasteiger partial charge in [0.2, 0.25) is 5.91 Å². The van der Waals surface area contributed by atoms with Crippen molar-refractivity contribution >= 4 is 5.91 Å². The number of amides is 1. The van der Waals surface area contributed by atoms with Crippen molar-refractivity contribution in [3.63, 3.8) is 0 Å². The highest BCUT2D eigenvalue weighted by atomic mass is 16.5. The maximum atomic E-state index is 13.3. The van der Waals surface area contributed by atoms with Crippen LogP contribution in [0.4, 0.5) is 0 Å². The Morgan fingerprint density at radius 3 is 2.62 bits per heavy atom. The van der Waals surface area contributed by atoms with E-state index in [1.54, 1.807) is 13.3 Å². The molecule has 0 N–H and O–H groups in total. The van der Waals surface area contributed by atoms with Crippen LogP contribution < -0.4 is 9.47 Å². The molecule has 1 aromatic heterocycles. The van der Waals surface area contributed by atoms with Crippen molar-refractivity contribution in [2.24, 2.45) is 0 Å². The van der Waals surface area contributed by atoms with Gasteiger partial charge in [-0.15, -0.1) is 0 Å². The molecule has 4 rings (SSSR count). The zero-order valence-electron chi connectivity index (χ0n) is 19.7. The van der Waals surface area contributed by atoms with Gasteiger partial charge >= 0.3 is 0 Å². The summed E-state index contributed by atoms with van der Waals surface area (Å²) in [6, 6.07) is 19.7. The standard InChI is InChI=1S/C28H32N2O4/c1-32-27-9-3-2-7-24(27)12-15-28(31)30(20-23-6-4-16-29-18-23)19-22-10-13-25(14-11-22)34-21-26-8-5-17-33-26/h2-4,6-7,9-11,13-14,16,18,26H,5,8,12,15,17,19-21H2,1H3/t26-/m0/s1. The van der Waals surface area contributed by atoms with Crippen LogP contribution in [0, 0.1) is 0 Å². The minimum Gasteiger partial charge on any atom is -0.496 e. The van der Waals surface area contributed by atoms with Gasteiger partial charge in [0.1, 0.15) is 18.1 Å². The molecular formula is C28H32N2O4. The fourth-order valence-electron chi connectivity index (χ4n) is 4.13. The van der Waals surface area contributed by atoms with Crippen molar-refractivity contribution in [3.8, 4) is 11.5 Å². The molecule has 0 radical (unpaired) electrons. The van der Waals surface area contributed by atoms with Gasteiger partial charge in [-0.05, 0) is 60.2 Å². The molecule has 1 fully saturated rings. The predicted molar refractivity (Wildman–Crippen MR) is 131 cm³/mol. The number of aryl methyl sites for hydroxylation is 1. The second-order valence-electron chi connectivity index (χ2n) is 8.51. The largest absolute Gasteiger partial charge is 0.496 e. The molecule has 0 spiro atoms. The fourth-order valence-corrected chi connectivity index (χ4v) is 4.13. The molecule has 1 aliphatic heterocycles. The first kappa shape index (κ1) is 23.8. The van der Waals surface area contributed by atoms with Crippen molar-refractivity contribution in [1.82, 2.24) is 9.88 Å². The van der Waals surface area contributed by atoms with Crippen molar-refractivity contribution < 1.29 is 19.0 Å². The second-order valence-corrected chi connectivity index (χ2v) is 8.51. The normalized spacial score (nSPS) is 15.1. The van der Waals surface area contributed by atoms with Gasteiger partial charge in [0, 0.05) is 38.5 Å². The van der Waals surface area contributed by atoms with E-state index in [1.807, 2.05) is 71.8 Å². The van der Waals surface area contributed by atoms with Gasteiger partial charge in [0.25, 0.3) is 0 Å². The number of carbonyl (C=O) groups excluding carboxylic acids is 1. The minimum absolute atomic E-state index is 0.0912. The maximum Gasteiger partial charge on any atom is 0.223 e. The molecule has 0 bridgehead atoms. The van der Waals surface area contributed by atoms with E-state index < -0.39 is 0 Å². The lowest BCUT2D eigenvalue weighted by molar-refractivity contribution is -0.132. The Morgan fingerprint density at radius 1 is 1.06 bits per heavy atom. The predicted octanol–water partition coefficient (Wildman–Crippen LogP) is 4.81. The van der Waals surface area contributed by atoms with Gasteiger partial charge < -0.3 is 19.1 Å². The van der Waals surface area contributed by atoms with Gasteiger partial charge in [-0.2, -0.15) is 0 Å². The van der Waals surface area contributed by atoms with Gasteiger partial charge in [-0.1, -0.05) is 36.4 Å². The van der Waals surface area contributed by atoms with Crippen LogP contribution in [0.25, 0.3) is 0 Å². The molecule has 6 nitrogen and oxygen atoms in total. The van der Waals surface area contributed by atoms with Crippen molar-refractivity contribution in [2.75, 3.05) is 20.3 Å². The SMILES string of the molecule is COc1ccccc1CCC(=O)N(Cc1ccc(OC[C@@H]2CCCO2)cc1)Cc1cccnc1. The summed E-state index contributed by atoms with van der Waals surface area (Å²) in [5.41, 5.74) is 3.09. The third-order valence-electron chi connectivity index (χ3n) is 6.01. The number of benzene rings is 2. The Labute approximate surface area is 201 Å². The quantitative estimate of drug-likeness (QED) is 0.411. The molecule has 2 heterocycles. The highest BCUT2D eigenvalue weighted by Gasteiger charge is 2.17. The van der Waals surface area contributed by atoms with Crippen molar-refractivity contribution in [1.29, 1.82) is 0 Å². The number of pyridine rings is 1. The van der Waals surface area contributed by atoms with E-state index in [-0.39, 0.29) is 12.0 Å². The summed E-state index contributed by atoms with van der Waals surface area (Å²) in [4.78, 5) is 19.4. The first-order valence-corrected chi connectivity index (χ1v) is 11.8. The summed E-state index contributed by atoms with van der Waals surface area (Å²) in [5.74, 6) is 1.72. The monoisotopic (exact) mass is 460 g/mol. The lowest BCUT2D eigenvalue weighted by Gasteiger charge is -2.23. The minimum atomic E-state index is 0.0912. The highest BCUT2D eigenvalue weighted by Crippen LogP contribution is 2.21. The number of ether oxygens (including phenoxy) is 3. The van der Waals surface area contributed by atoms with Crippen LogP contribution in [0.2, 0.25) is 0 Å². The van der Waals surface area contributed by atoms with E-state index in [0.717, 1.165) is 47.6 Å². The third kappa shape index (κ3) is 6.81. The van der Waals surface area contributed by atoms with Crippen LogP contribution in [-0.4, -0.2) is 42.2 Å². The molecule has 2 aromatic carbocycles. The first-order chi connectivity index (χ1) is 16.7. The van der Waals surface area contributed by atoms with Crippen LogP contribution >= 0.6 is 0 Å². The molecule has 3 aromatic rings. The van der Waals surface area contributed by atoms with Crippen LogP contribution in [0.15, 0.2) is 73.1 Å². The molecule has 178 valence electrons. The average molecular weight is 461 g/mol. The number of carbonyl (C=O) groups is 1. The fraction of sp³-hybridized carbons (Fsp3) is 0.357. The number of hydrogen-bond acceptors (Lipinski definition) is 5. The maximum absolute atomic E-state index is 13.3. The Bertz CT molecular complexity index is 1030. The summed E-state index contributed by atoms with van der Waals surface area (Å²) in [6.07, 6.45) is 6.93. The zero-order valence-corrected chi connectivity index (χ0v) is 19.7. The summed E-state index contributed by atoms with van der Waals surface area (Å²) in [7, 11) is 1.66. The van der Waals surface area contributed by atoms with Gasteiger partial charge in [0.15, 0.2) is 0 Å². The number of para-hydroxylation sites is 1. The molecule has 1 aliphatic rings. The van der Waals surface area contributed by atoms with Crippen LogP contribution in [0.3, 0.4) is 0 Å². The molecule has 1 atom stereocenters. The summed E-state index contributed by atoms with van der Waals surface area (Å²) in [5, 5.41) is 0. The van der Waals surface area contributed by atoms with E-state index in [0.29, 0.717) is 32.5 Å². The van der Waals surface area contributed by atoms with E-state index in [2.05, 4.69) is 4.98 Å². The summed E-state index contributed by atoms with van der Waals surface area (Å²) < 4.78 is 16.9. The number of hydrogen-bond donors (Lipinski definition) is 0. The Kier molecular flexibility index (Phi) is 8.52. The molecule has 0 unspecified atom stereocenters. The second kappa shape index (κ2) is 12.2. The molecule has 0 aliphatic carbocycles. The molecule has 1 saturated heterocycles. The smallest absolute Gasteiger partial charge is 0.223 e. The van der Waals surface area contributed by atoms with Crippen LogP contribution in [-0.2, 0) is 29.0 Å². The topological polar surface area (TPSA) is 60.9 Å². The van der Waals surface area contributed by atoms with E-state index in [4.69, 9.17) is 14.2 Å². The summed E-state index contributed by atoms with van der Waals surface area (Å²) in [6.45, 7) is 2.43. The number of nitrogens with zero attached hydrogens (tertiary/aromatic N) is 2. The third-order valence-corrected chi connectivity index (χ3v) is 6.01. The average Bonchev–Trinajstić information content (AvgIpc) is 3.41. The lowest BCUT2D eigenvalue weighted by atomic mass is 10.1. The number of aromatic nitrogens is 1. The number of rotatable bonds is 11. The molecule has 0 saturated carbocycles. The molecule has 6 heteroatoms. The Morgan fingerprint density at radius 2 is 1.88 bits per heavy atom. The zero-order chi connectivity index (χ0) is 23.6. The van der Waals surface area contributed by atoms with Crippen molar-refractivity contribution in [2.45, 2.75) is 44.9 Å². The summed E-state index contributed by atoms with van der Waals surface area (Å²) >= 11 is 0. The highest BCUT2D eigenvalue weighted by molar-refractivity contribution is 5.76. The number of methoxy groups -OCH3 is 1. The Hall–Kier alpha value is -3.38. The van der Waals surface area contributed by atoms with Crippen LogP contribution in [0.5, 0.6) is 11.5 Å². The van der Waals surface area contributed by atoms with Gasteiger partial charge in [-0.25, -0.2) is 0 Å². The first-order valence-electron chi connectivity index (χ1n) is 11.8. The molecule has 34 heavy (non-hydrogen) atoms. The van der Waals surface area contributed by atoms with E-state index >= 15 is 0 Å². The van der Waals surface area contributed by atoms with Crippen LogP contribution in [0.1, 0.15) is 36.0 Å².